The molecule has 0 saturated carbocycles. The van der Waals surface area contributed by atoms with Gasteiger partial charge in [0.2, 0.25) is 0 Å². The van der Waals surface area contributed by atoms with E-state index in [1.807, 2.05) is 48.6 Å². The Morgan fingerprint density at radius 1 is 1.35 bits per heavy atom. The minimum absolute atomic E-state index is 0.0247. The summed E-state index contributed by atoms with van der Waals surface area (Å²) in [4.78, 5) is 11.8. The second kappa shape index (κ2) is 7.12. The van der Waals surface area contributed by atoms with Gasteiger partial charge < -0.3 is 15.1 Å². The van der Waals surface area contributed by atoms with Crippen LogP contribution in [-0.2, 0) is 11.3 Å². The summed E-state index contributed by atoms with van der Waals surface area (Å²) in [5.41, 5.74) is 0.918. The number of furan rings is 1. The number of nitrogens with one attached hydrogen (secondary N) is 1. The quantitative estimate of drug-likeness (QED) is 0.854. The minimum atomic E-state index is -0.0247. The number of carbonyl (C=O) groups is 1. The Balaban J connectivity index is 1.75. The molecule has 1 aromatic carbocycles. The van der Waals surface area contributed by atoms with Gasteiger partial charge in [-0.05, 0) is 30.7 Å². The van der Waals surface area contributed by atoms with Crippen LogP contribution in [0.15, 0.2) is 47.1 Å². The highest BCUT2D eigenvalue weighted by Gasteiger charge is 2.13. The van der Waals surface area contributed by atoms with Crippen LogP contribution in [0.1, 0.15) is 24.3 Å². The van der Waals surface area contributed by atoms with Crippen molar-refractivity contribution in [2.24, 2.45) is 0 Å². The first-order valence-corrected chi connectivity index (χ1v) is 6.91. The van der Waals surface area contributed by atoms with Crippen LogP contribution in [0.3, 0.4) is 0 Å². The molecule has 2 rings (SSSR count). The van der Waals surface area contributed by atoms with Gasteiger partial charge in [0.15, 0.2) is 12.3 Å². The van der Waals surface area contributed by atoms with Crippen LogP contribution in [0.2, 0.25) is 5.02 Å². The van der Waals surface area contributed by atoms with Crippen LogP contribution in [0.4, 0.5) is 0 Å². The molecule has 0 aliphatic rings. The van der Waals surface area contributed by atoms with Crippen molar-refractivity contribution in [3.8, 4) is 0 Å². The molecular weight excluding hydrogens is 276 g/mol. The van der Waals surface area contributed by atoms with Gasteiger partial charge in [0.25, 0.3) is 5.91 Å². The van der Waals surface area contributed by atoms with E-state index in [1.54, 1.807) is 6.26 Å². The van der Waals surface area contributed by atoms with Gasteiger partial charge in [-0.25, -0.2) is 0 Å². The highest BCUT2D eigenvalue weighted by molar-refractivity contribution is 6.31. The lowest BCUT2D eigenvalue weighted by Crippen LogP contribution is -2.86. The summed E-state index contributed by atoms with van der Waals surface area (Å²) in [7, 11) is 0. The van der Waals surface area contributed by atoms with E-state index in [0.29, 0.717) is 18.1 Å². The molecule has 0 bridgehead atoms. The normalized spacial score (nSPS) is 12.1. The van der Waals surface area contributed by atoms with Crippen molar-refractivity contribution >= 4 is 17.5 Å². The maximum atomic E-state index is 11.8. The minimum Gasteiger partial charge on any atom is -0.463 e. The Labute approximate surface area is 123 Å². The Kier molecular flexibility index (Phi) is 5.21. The average molecular weight is 294 g/mol. The molecule has 1 atom stereocenters. The number of amides is 1. The Bertz CT molecular complexity index is 555. The Morgan fingerprint density at radius 3 is 2.85 bits per heavy atom. The number of hydrogen-bond acceptors (Lipinski definition) is 2. The molecule has 0 aliphatic carbocycles. The van der Waals surface area contributed by atoms with Gasteiger partial charge in [-0.1, -0.05) is 29.8 Å². The SMILES string of the molecule is C[C@H]([NH2+]CC(=O)NCc1ccccc1Cl)c1ccco1. The number of hydrogen-bond donors (Lipinski definition) is 2. The van der Waals surface area contributed by atoms with Crippen molar-refractivity contribution in [3.05, 3.63) is 59.0 Å². The number of quaternary nitrogens is 1. The standard InChI is InChI=1S/C15H17ClN2O2/c1-11(14-7-4-8-20-14)17-10-15(19)18-9-12-5-2-3-6-13(12)16/h2-8,11,17H,9-10H2,1H3,(H,18,19)/p+1/t11-/m0/s1. The van der Waals surface area contributed by atoms with Crippen LogP contribution >= 0.6 is 11.6 Å². The fourth-order valence-electron chi connectivity index (χ4n) is 1.86. The average Bonchev–Trinajstić information content (AvgIpc) is 2.98. The number of benzene rings is 1. The molecule has 3 N–H and O–H groups in total. The maximum absolute atomic E-state index is 11.8. The first-order chi connectivity index (χ1) is 9.66. The number of nitrogens with two attached hydrogens (primary N) is 1. The zero-order valence-corrected chi connectivity index (χ0v) is 12.1. The monoisotopic (exact) mass is 293 g/mol. The summed E-state index contributed by atoms with van der Waals surface area (Å²) in [6, 6.07) is 11.4. The largest absolute Gasteiger partial charge is 0.463 e. The molecule has 0 fully saturated rings. The zero-order valence-electron chi connectivity index (χ0n) is 11.3. The molecular formula is C15H18ClN2O2+. The van der Waals surface area contributed by atoms with Gasteiger partial charge in [0, 0.05) is 11.6 Å². The third-order valence-electron chi connectivity index (χ3n) is 3.08. The van der Waals surface area contributed by atoms with Crippen LogP contribution in [-0.4, -0.2) is 12.5 Å². The molecule has 2 aromatic rings. The van der Waals surface area contributed by atoms with E-state index in [4.69, 9.17) is 16.0 Å². The molecule has 106 valence electrons. The molecule has 0 spiro atoms. The van der Waals surface area contributed by atoms with E-state index in [9.17, 15) is 4.79 Å². The lowest BCUT2D eigenvalue weighted by Gasteiger charge is -2.09. The molecule has 0 radical (unpaired) electrons. The Morgan fingerprint density at radius 2 is 2.15 bits per heavy atom. The van der Waals surface area contributed by atoms with Crippen LogP contribution in [0, 0.1) is 0 Å². The molecule has 4 nitrogen and oxygen atoms in total. The fraction of sp³-hybridized carbons (Fsp3) is 0.267. The smallest absolute Gasteiger partial charge is 0.275 e. The van der Waals surface area contributed by atoms with E-state index in [-0.39, 0.29) is 11.9 Å². The van der Waals surface area contributed by atoms with E-state index >= 15 is 0 Å². The summed E-state index contributed by atoms with van der Waals surface area (Å²) in [6.45, 7) is 2.80. The van der Waals surface area contributed by atoms with Crippen molar-refractivity contribution in [1.29, 1.82) is 0 Å². The second-order valence-corrected chi connectivity index (χ2v) is 5.02. The first kappa shape index (κ1) is 14.6. The van der Waals surface area contributed by atoms with E-state index < -0.39 is 0 Å². The van der Waals surface area contributed by atoms with Gasteiger partial charge in [-0.2, -0.15) is 0 Å². The Hall–Kier alpha value is -1.78. The number of carbonyl (C=O) groups excluding carboxylic acids is 1. The molecule has 20 heavy (non-hydrogen) atoms. The fourth-order valence-corrected chi connectivity index (χ4v) is 2.06. The molecule has 0 aliphatic heterocycles. The van der Waals surface area contributed by atoms with Crippen molar-refractivity contribution in [3.63, 3.8) is 0 Å². The number of halogens is 1. The van der Waals surface area contributed by atoms with Crippen LogP contribution in [0.5, 0.6) is 0 Å². The topological polar surface area (TPSA) is 58.9 Å². The predicted octanol–water partition coefficient (Wildman–Crippen LogP) is 1.87. The predicted molar refractivity (Wildman–Crippen MR) is 77.2 cm³/mol. The van der Waals surface area contributed by atoms with Crippen molar-refractivity contribution < 1.29 is 14.5 Å². The molecule has 1 amide bonds. The van der Waals surface area contributed by atoms with Gasteiger partial charge in [0.05, 0.1) is 6.26 Å². The van der Waals surface area contributed by atoms with Gasteiger partial charge in [0.1, 0.15) is 6.04 Å². The summed E-state index contributed by atoms with van der Waals surface area (Å²) < 4.78 is 5.29. The first-order valence-electron chi connectivity index (χ1n) is 6.53. The summed E-state index contributed by atoms with van der Waals surface area (Å²) in [6.07, 6.45) is 1.64. The molecule has 5 heteroatoms. The lowest BCUT2D eigenvalue weighted by atomic mass is 10.2. The van der Waals surface area contributed by atoms with Gasteiger partial charge >= 0.3 is 0 Å². The van der Waals surface area contributed by atoms with Crippen LogP contribution < -0.4 is 10.6 Å². The van der Waals surface area contributed by atoms with Crippen molar-refractivity contribution in [2.45, 2.75) is 19.5 Å². The van der Waals surface area contributed by atoms with Crippen LogP contribution in [0.25, 0.3) is 0 Å². The van der Waals surface area contributed by atoms with Crippen molar-refractivity contribution in [1.82, 2.24) is 5.32 Å². The summed E-state index contributed by atoms with van der Waals surface area (Å²) in [5, 5.41) is 5.45. The highest BCUT2D eigenvalue weighted by atomic mass is 35.5. The number of rotatable bonds is 6. The van der Waals surface area contributed by atoms with Gasteiger partial charge in [-0.15, -0.1) is 0 Å². The lowest BCUT2D eigenvalue weighted by molar-refractivity contribution is -0.684. The molecule has 1 heterocycles. The third-order valence-corrected chi connectivity index (χ3v) is 3.45. The maximum Gasteiger partial charge on any atom is 0.275 e. The second-order valence-electron chi connectivity index (χ2n) is 4.61. The van der Waals surface area contributed by atoms with Crippen molar-refractivity contribution in [2.75, 3.05) is 6.54 Å². The van der Waals surface area contributed by atoms with E-state index in [0.717, 1.165) is 11.3 Å². The zero-order chi connectivity index (χ0) is 14.4. The third kappa shape index (κ3) is 4.11. The summed E-state index contributed by atoms with van der Waals surface area (Å²) >= 11 is 6.03. The van der Waals surface area contributed by atoms with E-state index in [2.05, 4.69) is 5.32 Å². The molecule has 1 aromatic heterocycles. The van der Waals surface area contributed by atoms with Gasteiger partial charge in [-0.3, -0.25) is 4.79 Å². The molecule has 0 saturated heterocycles. The van der Waals surface area contributed by atoms with E-state index in [1.165, 1.54) is 0 Å². The molecule has 0 unspecified atom stereocenters. The summed E-state index contributed by atoms with van der Waals surface area (Å²) in [5.74, 6) is 0.840. The highest BCUT2D eigenvalue weighted by Crippen LogP contribution is 2.14.